The van der Waals surface area contributed by atoms with Gasteiger partial charge in [0.15, 0.2) is 0 Å². The van der Waals surface area contributed by atoms with Gasteiger partial charge in [-0.2, -0.15) is 0 Å². The lowest BCUT2D eigenvalue weighted by atomic mass is 10.1. The first kappa shape index (κ1) is 28.5. The van der Waals surface area contributed by atoms with E-state index >= 15 is 0 Å². The summed E-state index contributed by atoms with van der Waals surface area (Å²) >= 11 is 0. The van der Waals surface area contributed by atoms with Crippen molar-refractivity contribution < 1.29 is 9.59 Å². The molecule has 5 heteroatoms. The van der Waals surface area contributed by atoms with Gasteiger partial charge < -0.3 is 19.9 Å². The minimum absolute atomic E-state index is 0.175. The maximum absolute atomic E-state index is 12.9. The Morgan fingerprint density at radius 1 is 0.944 bits per heavy atom. The minimum Gasteiger partial charge on any atom is -0.322 e. The van der Waals surface area contributed by atoms with Gasteiger partial charge in [0.05, 0.1) is 0 Å². The van der Waals surface area contributed by atoms with Crippen molar-refractivity contribution in [2.75, 3.05) is 30.4 Å². The summed E-state index contributed by atoms with van der Waals surface area (Å²) in [5.74, 6) is -0.175. The van der Waals surface area contributed by atoms with E-state index in [1.54, 1.807) is 0 Å². The Balaban J connectivity index is 0.000000678. The van der Waals surface area contributed by atoms with Crippen molar-refractivity contribution in [2.45, 2.75) is 41.0 Å². The Hall–Kier alpha value is -3.70. The molecule has 0 bridgehead atoms. The molecule has 1 amide bonds. The topological polar surface area (TPSA) is 52.7 Å². The number of rotatable bonds is 9. The number of aryl methyl sites for hydroxylation is 1. The van der Waals surface area contributed by atoms with E-state index < -0.39 is 0 Å². The minimum atomic E-state index is -0.175. The molecule has 0 radical (unpaired) electrons. The van der Waals surface area contributed by atoms with E-state index in [1.165, 1.54) is 0 Å². The Morgan fingerprint density at radius 3 is 2.11 bits per heavy atom. The Morgan fingerprint density at radius 2 is 1.58 bits per heavy atom. The molecule has 0 aromatic heterocycles. The summed E-state index contributed by atoms with van der Waals surface area (Å²) in [6.07, 6.45) is 3.29. The lowest BCUT2D eigenvalue weighted by Crippen LogP contribution is -2.17. The molecule has 3 aromatic rings. The summed E-state index contributed by atoms with van der Waals surface area (Å²) < 4.78 is 0. The van der Waals surface area contributed by atoms with Crippen LogP contribution in [0.3, 0.4) is 0 Å². The standard InChI is InChI=1S/C26H26N2O2.C5H13N/c1-4-20(3)28(24-8-6-5-7-9-24)25-18-22(13-10-19(25)2)26(30)27-23-14-11-21(12-15-23)16-17-29;1-4-6(3)5-2/h4-15,17-18H,16H2,1-3H3,(H,27,30);4-5H2,1-3H3/b20-4-;. The van der Waals surface area contributed by atoms with Crippen molar-refractivity contribution in [2.24, 2.45) is 0 Å². The molecule has 0 unspecified atom stereocenters. The maximum atomic E-state index is 12.9. The van der Waals surface area contributed by atoms with Crippen molar-refractivity contribution >= 4 is 29.3 Å². The first-order chi connectivity index (χ1) is 17.3. The number of benzene rings is 3. The highest BCUT2D eigenvalue weighted by Gasteiger charge is 2.16. The summed E-state index contributed by atoms with van der Waals surface area (Å²) in [5.41, 5.74) is 6.35. The second-order valence-corrected chi connectivity index (χ2v) is 8.61. The molecule has 0 aliphatic heterocycles. The fourth-order valence-corrected chi connectivity index (χ4v) is 3.48. The van der Waals surface area contributed by atoms with E-state index in [4.69, 9.17) is 0 Å². The smallest absolute Gasteiger partial charge is 0.255 e. The molecule has 3 rings (SSSR count). The molecule has 190 valence electrons. The van der Waals surface area contributed by atoms with Gasteiger partial charge in [-0.15, -0.1) is 0 Å². The first-order valence-corrected chi connectivity index (χ1v) is 12.5. The van der Waals surface area contributed by atoms with Crippen LogP contribution in [0.2, 0.25) is 0 Å². The average molecular weight is 486 g/mol. The third-order valence-corrected chi connectivity index (χ3v) is 6.11. The van der Waals surface area contributed by atoms with Crippen LogP contribution in [-0.4, -0.2) is 37.2 Å². The van der Waals surface area contributed by atoms with Gasteiger partial charge in [-0.1, -0.05) is 56.3 Å². The summed E-state index contributed by atoms with van der Waals surface area (Å²) in [5, 5.41) is 2.94. The van der Waals surface area contributed by atoms with E-state index in [0.717, 1.165) is 47.6 Å². The van der Waals surface area contributed by atoms with Crippen molar-refractivity contribution in [3.05, 3.63) is 101 Å². The summed E-state index contributed by atoms with van der Waals surface area (Å²) in [7, 11) is 2.11. The molecule has 0 saturated carbocycles. The summed E-state index contributed by atoms with van der Waals surface area (Å²) in [6, 6.07) is 23.2. The largest absolute Gasteiger partial charge is 0.322 e. The van der Waals surface area contributed by atoms with Crippen LogP contribution in [0, 0.1) is 6.92 Å². The number of aldehydes is 1. The number of carbonyl (C=O) groups excluding carboxylic acids is 2. The van der Waals surface area contributed by atoms with Gasteiger partial charge >= 0.3 is 0 Å². The van der Waals surface area contributed by atoms with Crippen LogP contribution in [0.5, 0.6) is 0 Å². The zero-order chi connectivity index (χ0) is 26.5. The van der Waals surface area contributed by atoms with Crippen molar-refractivity contribution in [3.63, 3.8) is 0 Å². The summed E-state index contributed by atoms with van der Waals surface area (Å²) in [6.45, 7) is 12.7. The van der Waals surface area contributed by atoms with E-state index in [-0.39, 0.29) is 5.91 Å². The predicted molar refractivity (Wildman–Crippen MR) is 152 cm³/mol. The van der Waals surface area contributed by atoms with Crippen LogP contribution >= 0.6 is 0 Å². The SMILES string of the molecule is C/C=C(/C)N(c1ccccc1)c1cc(C(=O)Nc2ccc(CC=O)cc2)ccc1C.CCN(C)CC. The van der Waals surface area contributed by atoms with Crippen molar-refractivity contribution in [1.29, 1.82) is 0 Å². The highest BCUT2D eigenvalue weighted by Crippen LogP contribution is 2.33. The molecule has 0 aliphatic rings. The normalized spacial score (nSPS) is 10.9. The van der Waals surface area contributed by atoms with E-state index in [9.17, 15) is 9.59 Å². The van der Waals surface area contributed by atoms with Crippen LogP contribution in [0.15, 0.2) is 84.6 Å². The predicted octanol–water partition coefficient (Wildman–Crippen LogP) is 7.01. The second-order valence-electron chi connectivity index (χ2n) is 8.61. The fourth-order valence-electron chi connectivity index (χ4n) is 3.48. The van der Waals surface area contributed by atoms with Gasteiger partial charge in [0.25, 0.3) is 5.91 Å². The van der Waals surface area contributed by atoms with Gasteiger partial charge in [-0.05, 0) is 88.4 Å². The van der Waals surface area contributed by atoms with E-state index in [0.29, 0.717) is 17.7 Å². The molecule has 0 atom stereocenters. The van der Waals surface area contributed by atoms with Crippen LogP contribution < -0.4 is 10.2 Å². The number of allylic oxidation sites excluding steroid dienone is 2. The monoisotopic (exact) mass is 485 g/mol. The lowest BCUT2D eigenvalue weighted by Gasteiger charge is -2.28. The third kappa shape index (κ3) is 8.21. The number of carbonyl (C=O) groups is 2. The highest BCUT2D eigenvalue weighted by atomic mass is 16.1. The lowest BCUT2D eigenvalue weighted by molar-refractivity contribution is -0.107. The molecule has 36 heavy (non-hydrogen) atoms. The number of amides is 1. The average Bonchev–Trinajstić information content (AvgIpc) is 2.91. The number of para-hydroxylation sites is 1. The molecule has 5 nitrogen and oxygen atoms in total. The van der Waals surface area contributed by atoms with Crippen LogP contribution in [0.4, 0.5) is 17.1 Å². The molecule has 0 spiro atoms. The van der Waals surface area contributed by atoms with Gasteiger partial charge in [0.1, 0.15) is 6.29 Å². The molecule has 3 aromatic carbocycles. The van der Waals surface area contributed by atoms with Crippen molar-refractivity contribution in [1.82, 2.24) is 4.90 Å². The van der Waals surface area contributed by atoms with Gasteiger partial charge in [-0.25, -0.2) is 0 Å². The quantitative estimate of drug-likeness (QED) is 0.331. The van der Waals surface area contributed by atoms with Gasteiger partial charge in [-0.3, -0.25) is 4.79 Å². The molecule has 0 fully saturated rings. The van der Waals surface area contributed by atoms with Crippen LogP contribution in [-0.2, 0) is 11.2 Å². The molecule has 1 N–H and O–H groups in total. The Labute approximate surface area is 216 Å². The number of nitrogens with zero attached hydrogens (tertiary/aromatic N) is 2. The van der Waals surface area contributed by atoms with Crippen LogP contribution in [0.1, 0.15) is 49.2 Å². The maximum Gasteiger partial charge on any atom is 0.255 e. The second kappa shape index (κ2) is 14.6. The summed E-state index contributed by atoms with van der Waals surface area (Å²) in [4.78, 5) is 27.9. The first-order valence-electron chi connectivity index (χ1n) is 12.5. The van der Waals surface area contributed by atoms with Crippen molar-refractivity contribution in [3.8, 4) is 0 Å². The number of anilines is 3. The highest BCUT2D eigenvalue weighted by molar-refractivity contribution is 6.05. The molecular formula is C31H39N3O2. The van der Waals surface area contributed by atoms with E-state index in [2.05, 4.69) is 61.1 Å². The van der Waals surface area contributed by atoms with Gasteiger partial charge in [0.2, 0.25) is 0 Å². The zero-order valence-corrected chi connectivity index (χ0v) is 22.4. The number of hydrogen-bond donors (Lipinski definition) is 1. The molecule has 0 heterocycles. The number of hydrogen-bond acceptors (Lipinski definition) is 4. The molecular weight excluding hydrogens is 446 g/mol. The number of nitrogens with one attached hydrogen (secondary N) is 1. The Kier molecular flexibility index (Phi) is 11.6. The fraction of sp³-hybridized carbons (Fsp3) is 0.290. The zero-order valence-electron chi connectivity index (χ0n) is 22.4. The third-order valence-electron chi connectivity index (χ3n) is 6.11. The molecule has 0 aliphatic carbocycles. The van der Waals surface area contributed by atoms with Gasteiger partial charge in [0, 0.05) is 34.7 Å². The van der Waals surface area contributed by atoms with E-state index in [1.807, 2.05) is 74.5 Å². The Bertz CT molecular complexity index is 1130. The molecule has 0 saturated heterocycles. The van der Waals surface area contributed by atoms with Crippen LogP contribution in [0.25, 0.3) is 0 Å².